The molecule has 2 atom stereocenters. The summed E-state index contributed by atoms with van der Waals surface area (Å²) in [4.78, 5) is 12.1. The molecular weight excluding hydrogens is 232 g/mol. The van der Waals surface area contributed by atoms with Crippen molar-refractivity contribution in [3.8, 4) is 11.5 Å². The van der Waals surface area contributed by atoms with Gasteiger partial charge in [0.25, 0.3) is 0 Å². The average molecular weight is 248 g/mol. The molecular formula is C13H16N2O3. The second-order valence-corrected chi connectivity index (χ2v) is 4.76. The molecule has 1 fully saturated rings. The first-order chi connectivity index (χ1) is 8.74. The molecule has 2 N–H and O–H groups in total. The number of carbonyl (C=O) groups is 1. The number of carbonyl (C=O) groups excluding carboxylic acids is 1. The van der Waals surface area contributed by atoms with Gasteiger partial charge < -0.3 is 20.1 Å². The van der Waals surface area contributed by atoms with E-state index in [-0.39, 0.29) is 18.7 Å². The van der Waals surface area contributed by atoms with Crippen molar-refractivity contribution in [1.29, 1.82) is 0 Å². The minimum Gasteiger partial charge on any atom is -0.454 e. The summed E-state index contributed by atoms with van der Waals surface area (Å²) in [5, 5.41) is 6.12. The van der Waals surface area contributed by atoms with E-state index in [1.54, 1.807) is 6.07 Å². The van der Waals surface area contributed by atoms with Crippen LogP contribution in [0.5, 0.6) is 11.5 Å². The highest BCUT2D eigenvalue weighted by Gasteiger charge is 2.29. The van der Waals surface area contributed by atoms with E-state index >= 15 is 0 Å². The van der Waals surface area contributed by atoms with Crippen molar-refractivity contribution in [3.63, 3.8) is 0 Å². The van der Waals surface area contributed by atoms with Gasteiger partial charge in [0.1, 0.15) is 0 Å². The van der Waals surface area contributed by atoms with Crippen molar-refractivity contribution >= 4 is 11.6 Å². The molecule has 0 radical (unpaired) electrons. The molecule has 0 saturated carbocycles. The monoisotopic (exact) mass is 248 g/mol. The number of ether oxygens (including phenoxy) is 2. The first kappa shape index (κ1) is 11.3. The number of benzene rings is 1. The Morgan fingerprint density at radius 1 is 1.39 bits per heavy atom. The number of anilines is 1. The summed E-state index contributed by atoms with van der Waals surface area (Å²) in [6.45, 7) is 3.23. The number of nitrogens with one attached hydrogen (secondary N) is 2. The zero-order valence-corrected chi connectivity index (χ0v) is 10.2. The summed E-state index contributed by atoms with van der Waals surface area (Å²) in [6, 6.07) is 5.32. The molecule has 96 valence electrons. The maximum atomic E-state index is 12.1. The van der Waals surface area contributed by atoms with Gasteiger partial charge in [0, 0.05) is 11.8 Å². The molecule has 0 aromatic heterocycles. The largest absolute Gasteiger partial charge is 0.454 e. The van der Waals surface area contributed by atoms with Crippen LogP contribution in [0.2, 0.25) is 0 Å². The maximum absolute atomic E-state index is 12.1. The van der Waals surface area contributed by atoms with Crippen LogP contribution in [0.3, 0.4) is 0 Å². The summed E-state index contributed by atoms with van der Waals surface area (Å²) in [6.07, 6.45) is 1.04. The molecule has 5 nitrogen and oxygen atoms in total. The molecule has 1 saturated heterocycles. The van der Waals surface area contributed by atoms with Crippen LogP contribution in [0.4, 0.5) is 5.69 Å². The first-order valence-corrected chi connectivity index (χ1v) is 6.18. The molecule has 2 aliphatic rings. The fourth-order valence-corrected chi connectivity index (χ4v) is 2.38. The third-order valence-electron chi connectivity index (χ3n) is 3.46. The van der Waals surface area contributed by atoms with Gasteiger partial charge in [0.15, 0.2) is 11.5 Å². The number of rotatable bonds is 2. The van der Waals surface area contributed by atoms with E-state index in [0.717, 1.165) is 24.4 Å². The Morgan fingerprint density at radius 2 is 2.22 bits per heavy atom. The summed E-state index contributed by atoms with van der Waals surface area (Å²) >= 11 is 0. The molecule has 0 bridgehead atoms. The van der Waals surface area contributed by atoms with Crippen LogP contribution in [0.15, 0.2) is 18.2 Å². The summed E-state index contributed by atoms with van der Waals surface area (Å²) < 4.78 is 10.5. The van der Waals surface area contributed by atoms with Crippen LogP contribution in [0.25, 0.3) is 0 Å². The van der Waals surface area contributed by atoms with Gasteiger partial charge in [-0.25, -0.2) is 0 Å². The fraction of sp³-hybridized carbons (Fsp3) is 0.462. The Morgan fingerprint density at radius 3 is 3.00 bits per heavy atom. The minimum atomic E-state index is -0.101. The van der Waals surface area contributed by atoms with Crippen LogP contribution in [-0.2, 0) is 4.79 Å². The van der Waals surface area contributed by atoms with Crippen molar-refractivity contribution < 1.29 is 14.3 Å². The van der Waals surface area contributed by atoms with Crippen molar-refractivity contribution in [2.75, 3.05) is 18.7 Å². The Kier molecular flexibility index (Phi) is 2.83. The molecule has 3 rings (SSSR count). The number of hydrogen-bond acceptors (Lipinski definition) is 4. The molecule has 2 aliphatic heterocycles. The standard InChI is InChI=1S/C13H16N2O3/c1-8-4-5-14-12(8)13(16)15-9-2-3-10-11(6-9)18-7-17-10/h2-3,6,8,12,14H,4-5,7H2,1H3,(H,15,16). The predicted molar refractivity (Wildman–Crippen MR) is 66.8 cm³/mol. The maximum Gasteiger partial charge on any atom is 0.241 e. The normalized spacial score (nSPS) is 25.2. The van der Waals surface area contributed by atoms with Crippen molar-refractivity contribution in [2.45, 2.75) is 19.4 Å². The van der Waals surface area contributed by atoms with Crippen LogP contribution < -0.4 is 20.1 Å². The zero-order chi connectivity index (χ0) is 12.5. The Balaban J connectivity index is 1.71. The second-order valence-electron chi connectivity index (χ2n) is 4.76. The van der Waals surface area contributed by atoms with Crippen molar-refractivity contribution in [3.05, 3.63) is 18.2 Å². The molecule has 0 aliphatic carbocycles. The predicted octanol–water partition coefficient (Wildman–Crippen LogP) is 1.35. The third-order valence-corrected chi connectivity index (χ3v) is 3.46. The van der Waals surface area contributed by atoms with Crippen LogP contribution in [-0.4, -0.2) is 25.3 Å². The van der Waals surface area contributed by atoms with Gasteiger partial charge in [0.2, 0.25) is 12.7 Å². The highest BCUT2D eigenvalue weighted by Crippen LogP contribution is 2.34. The molecule has 1 aromatic rings. The molecule has 5 heteroatoms. The lowest BCUT2D eigenvalue weighted by molar-refractivity contribution is -0.118. The summed E-state index contributed by atoms with van der Waals surface area (Å²) in [5.74, 6) is 1.79. The Bertz CT molecular complexity index is 475. The molecule has 0 spiro atoms. The molecule has 1 amide bonds. The highest BCUT2D eigenvalue weighted by atomic mass is 16.7. The number of hydrogen-bond donors (Lipinski definition) is 2. The van der Waals surface area contributed by atoms with Crippen molar-refractivity contribution in [2.24, 2.45) is 5.92 Å². The molecule has 18 heavy (non-hydrogen) atoms. The van der Waals surface area contributed by atoms with E-state index in [2.05, 4.69) is 17.6 Å². The lowest BCUT2D eigenvalue weighted by atomic mass is 10.0. The van der Waals surface area contributed by atoms with Gasteiger partial charge in [-0.15, -0.1) is 0 Å². The quantitative estimate of drug-likeness (QED) is 0.829. The zero-order valence-electron chi connectivity index (χ0n) is 10.2. The number of amides is 1. The van der Waals surface area contributed by atoms with Crippen molar-refractivity contribution in [1.82, 2.24) is 5.32 Å². The van der Waals surface area contributed by atoms with Gasteiger partial charge in [0.05, 0.1) is 6.04 Å². The van der Waals surface area contributed by atoms with E-state index in [0.29, 0.717) is 11.7 Å². The fourth-order valence-electron chi connectivity index (χ4n) is 2.38. The molecule has 1 aromatic carbocycles. The molecule has 2 unspecified atom stereocenters. The van der Waals surface area contributed by atoms with Gasteiger partial charge in [-0.1, -0.05) is 6.92 Å². The lowest BCUT2D eigenvalue weighted by Gasteiger charge is -2.15. The second kappa shape index (κ2) is 4.49. The van der Waals surface area contributed by atoms with Crippen LogP contribution in [0.1, 0.15) is 13.3 Å². The topological polar surface area (TPSA) is 59.6 Å². The van der Waals surface area contributed by atoms with Gasteiger partial charge >= 0.3 is 0 Å². The van der Waals surface area contributed by atoms with E-state index in [1.807, 2.05) is 12.1 Å². The van der Waals surface area contributed by atoms with Gasteiger partial charge in [-0.2, -0.15) is 0 Å². The smallest absolute Gasteiger partial charge is 0.241 e. The average Bonchev–Trinajstić information content (AvgIpc) is 2.96. The van der Waals surface area contributed by atoms with Gasteiger partial charge in [-0.05, 0) is 31.0 Å². The third kappa shape index (κ3) is 2.01. The number of fused-ring (bicyclic) bond motifs is 1. The van der Waals surface area contributed by atoms with Crippen LogP contribution >= 0.6 is 0 Å². The Hall–Kier alpha value is -1.75. The summed E-state index contributed by atoms with van der Waals surface area (Å²) in [7, 11) is 0. The van der Waals surface area contributed by atoms with E-state index in [1.165, 1.54) is 0 Å². The SMILES string of the molecule is CC1CCNC1C(=O)Nc1ccc2c(c1)OCO2. The van der Waals surface area contributed by atoms with Crippen LogP contribution in [0, 0.1) is 5.92 Å². The minimum absolute atomic E-state index is 0.0128. The van der Waals surface area contributed by atoms with Gasteiger partial charge in [-0.3, -0.25) is 4.79 Å². The molecule has 2 heterocycles. The Labute approximate surface area is 105 Å². The first-order valence-electron chi connectivity index (χ1n) is 6.18. The summed E-state index contributed by atoms with van der Waals surface area (Å²) in [5.41, 5.74) is 0.741. The lowest BCUT2D eigenvalue weighted by Crippen LogP contribution is -2.39. The van der Waals surface area contributed by atoms with E-state index in [4.69, 9.17) is 9.47 Å². The van der Waals surface area contributed by atoms with E-state index < -0.39 is 0 Å². The van der Waals surface area contributed by atoms with E-state index in [9.17, 15) is 4.79 Å². The highest BCUT2D eigenvalue weighted by molar-refractivity contribution is 5.95.